The zero-order chi connectivity index (χ0) is 16.6. The predicted molar refractivity (Wildman–Crippen MR) is 105 cm³/mol. The Hall–Kier alpha value is -2.85. The summed E-state index contributed by atoms with van der Waals surface area (Å²) in [6, 6.07) is 24.9. The van der Waals surface area contributed by atoms with Crippen LogP contribution in [0, 0.1) is 0 Å². The molecular formula is C21H15N3S. The van der Waals surface area contributed by atoms with Gasteiger partial charge in [0.15, 0.2) is 5.16 Å². The van der Waals surface area contributed by atoms with Crippen LogP contribution in [0.2, 0.25) is 0 Å². The Morgan fingerprint density at radius 1 is 0.680 bits per heavy atom. The highest BCUT2D eigenvalue weighted by Gasteiger charge is 2.09. The summed E-state index contributed by atoms with van der Waals surface area (Å²) in [4.78, 5) is 12.9. The first kappa shape index (κ1) is 14.5. The Morgan fingerprint density at radius 2 is 1.36 bits per heavy atom. The molecule has 0 unspecified atom stereocenters. The van der Waals surface area contributed by atoms with Gasteiger partial charge in [-0.2, -0.15) is 0 Å². The van der Waals surface area contributed by atoms with Gasteiger partial charge in [0, 0.05) is 16.5 Å². The second kappa shape index (κ2) is 5.90. The number of pyridine rings is 1. The van der Waals surface area contributed by atoms with E-state index < -0.39 is 0 Å². The third-order valence-electron chi connectivity index (χ3n) is 4.40. The molecule has 0 saturated carbocycles. The van der Waals surface area contributed by atoms with Crippen molar-refractivity contribution >= 4 is 44.5 Å². The van der Waals surface area contributed by atoms with Crippen molar-refractivity contribution in [3.05, 3.63) is 78.5 Å². The van der Waals surface area contributed by atoms with Crippen LogP contribution in [-0.4, -0.2) is 15.0 Å². The van der Waals surface area contributed by atoms with Crippen LogP contribution in [0.5, 0.6) is 0 Å². The number of para-hydroxylation sites is 3. The maximum Gasteiger partial charge on any atom is 0.166 e. The molecule has 5 aromatic rings. The number of fused-ring (bicyclic) bond motifs is 4. The molecule has 0 radical (unpaired) electrons. The van der Waals surface area contributed by atoms with Gasteiger partial charge in [-0.25, -0.2) is 4.98 Å². The molecule has 0 saturated heterocycles. The van der Waals surface area contributed by atoms with Crippen molar-refractivity contribution in [2.24, 2.45) is 0 Å². The van der Waals surface area contributed by atoms with E-state index in [2.05, 4.69) is 58.5 Å². The molecule has 3 aromatic carbocycles. The molecule has 0 aliphatic heterocycles. The molecule has 0 amide bonds. The third kappa shape index (κ3) is 2.55. The third-order valence-corrected chi connectivity index (χ3v) is 5.29. The van der Waals surface area contributed by atoms with Gasteiger partial charge in [0.25, 0.3) is 0 Å². The summed E-state index contributed by atoms with van der Waals surface area (Å²) in [6.07, 6.45) is 0. The van der Waals surface area contributed by atoms with E-state index in [0.29, 0.717) is 0 Å². The smallest absolute Gasteiger partial charge is 0.166 e. The molecule has 3 nitrogen and oxygen atoms in total. The molecule has 2 aromatic heterocycles. The molecule has 120 valence electrons. The zero-order valence-electron chi connectivity index (χ0n) is 13.4. The van der Waals surface area contributed by atoms with E-state index in [4.69, 9.17) is 4.98 Å². The van der Waals surface area contributed by atoms with Crippen molar-refractivity contribution in [2.75, 3.05) is 0 Å². The van der Waals surface area contributed by atoms with Crippen LogP contribution in [0.15, 0.2) is 78.0 Å². The number of imidazole rings is 1. The van der Waals surface area contributed by atoms with Crippen LogP contribution in [0.25, 0.3) is 32.7 Å². The lowest BCUT2D eigenvalue weighted by Crippen LogP contribution is -1.92. The number of aromatic amines is 1. The van der Waals surface area contributed by atoms with Crippen LogP contribution >= 0.6 is 11.8 Å². The highest BCUT2D eigenvalue weighted by atomic mass is 32.2. The van der Waals surface area contributed by atoms with Crippen molar-refractivity contribution in [3.63, 3.8) is 0 Å². The molecule has 1 N–H and O–H groups in total. The van der Waals surface area contributed by atoms with Crippen molar-refractivity contribution in [1.82, 2.24) is 15.0 Å². The van der Waals surface area contributed by atoms with E-state index in [1.165, 1.54) is 16.2 Å². The van der Waals surface area contributed by atoms with E-state index >= 15 is 0 Å². The molecule has 0 aliphatic rings. The van der Waals surface area contributed by atoms with E-state index in [9.17, 15) is 0 Å². The fourth-order valence-electron chi connectivity index (χ4n) is 3.22. The number of hydrogen-bond donors (Lipinski definition) is 1. The number of nitrogens with one attached hydrogen (secondary N) is 1. The number of thioether (sulfide) groups is 1. The highest BCUT2D eigenvalue weighted by Crippen LogP contribution is 2.30. The summed E-state index contributed by atoms with van der Waals surface area (Å²) in [5.74, 6) is 0.783. The predicted octanol–water partition coefficient (Wildman–Crippen LogP) is 5.56. The van der Waals surface area contributed by atoms with Gasteiger partial charge in [0.1, 0.15) is 0 Å². The number of rotatable bonds is 3. The molecule has 0 fully saturated rings. The Morgan fingerprint density at radius 3 is 2.20 bits per heavy atom. The minimum absolute atomic E-state index is 0.783. The molecule has 25 heavy (non-hydrogen) atoms. The van der Waals surface area contributed by atoms with Crippen LogP contribution in [0.4, 0.5) is 0 Å². The molecule has 0 bridgehead atoms. The molecule has 5 rings (SSSR count). The summed E-state index contributed by atoms with van der Waals surface area (Å²) < 4.78 is 0. The van der Waals surface area contributed by atoms with Gasteiger partial charge < -0.3 is 4.98 Å². The van der Waals surface area contributed by atoms with Crippen molar-refractivity contribution in [3.8, 4) is 0 Å². The number of aromatic nitrogens is 3. The van der Waals surface area contributed by atoms with Crippen molar-refractivity contribution in [2.45, 2.75) is 10.9 Å². The summed E-state index contributed by atoms with van der Waals surface area (Å²) in [5.41, 5.74) is 4.21. The van der Waals surface area contributed by atoms with Crippen molar-refractivity contribution in [1.29, 1.82) is 0 Å². The molecule has 0 aliphatic carbocycles. The van der Waals surface area contributed by atoms with Gasteiger partial charge in [-0.15, -0.1) is 0 Å². The first-order valence-electron chi connectivity index (χ1n) is 8.22. The highest BCUT2D eigenvalue weighted by molar-refractivity contribution is 7.98. The topological polar surface area (TPSA) is 41.6 Å². The monoisotopic (exact) mass is 341 g/mol. The van der Waals surface area contributed by atoms with Crippen LogP contribution in [0.3, 0.4) is 0 Å². The maximum absolute atomic E-state index is 4.91. The Labute approximate surface area is 149 Å². The average molecular weight is 341 g/mol. The average Bonchev–Trinajstić information content (AvgIpc) is 3.09. The van der Waals surface area contributed by atoms with E-state index in [1.54, 1.807) is 11.8 Å². The Bertz CT molecular complexity index is 1180. The van der Waals surface area contributed by atoms with Gasteiger partial charge in [-0.1, -0.05) is 66.4 Å². The summed E-state index contributed by atoms with van der Waals surface area (Å²) in [7, 11) is 0. The largest absolute Gasteiger partial charge is 0.333 e. The minimum Gasteiger partial charge on any atom is -0.333 e. The second-order valence-corrected chi connectivity index (χ2v) is 6.93. The van der Waals surface area contributed by atoms with E-state index in [1.807, 2.05) is 24.3 Å². The number of H-pyrrole nitrogens is 1. The lowest BCUT2D eigenvalue weighted by molar-refractivity contribution is 1.08. The van der Waals surface area contributed by atoms with E-state index in [-0.39, 0.29) is 0 Å². The standard InChI is InChI=1S/C21H15N3S/c1-2-9-16-14(7-1)15-8-3-4-10-17(15)22-20(16)13-25-21-23-18-11-5-6-12-19(18)24-21/h1-12H,13H2,(H,23,24). The fourth-order valence-corrected chi connectivity index (χ4v) is 4.06. The summed E-state index contributed by atoms with van der Waals surface area (Å²) in [5, 5.41) is 4.61. The van der Waals surface area contributed by atoms with Gasteiger partial charge in [0.2, 0.25) is 0 Å². The molecule has 0 atom stereocenters. The SMILES string of the molecule is c1ccc2[nH]c(SCc3nc4ccccc4c4ccccc34)nc2c1. The van der Waals surface area contributed by atoms with Crippen molar-refractivity contribution < 1.29 is 0 Å². The first-order chi connectivity index (χ1) is 12.4. The number of nitrogens with zero attached hydrogens (tertiary/aromatic N) is 2. The maximum atomic E-state index is 4.91. The molecular weight excluding hydrogens is 326 g/mol. The quantitative estimate of drug-likeness (QED) is 0.345. The van der Waals surface area contributed by atoms with Gasteiger partial charge in [0.05, 0.1) is 22.2 Å². The van der Waals surface area contributed by atoms with E-state index in [0.717, 1.165) is 33.2 Å². The summed E-state index contributed by atoms with van der Waals surface area (Å²) >= 11 is 1.69. The molecule has 4 heteroatoms. The van der Waals surface area contributed by atoms with Gasteiger partial charge >= 0.3 is 0 Å². The second-order valence-electron chi connectivity index (χ2n) is 5.97. The summed E-state index contributed by atoms with van der Waals surface area (Å²) in [6.45, 7) is 0. The van der Waals surface area contributed by atoms with Gasteiger partial charge in [-0.05, 0) is 23.6 Å². The number of hydrogen-bond acceptors (Lipinski definition) is 3. The Kier molecular flexibility index (Phi) is 3.42. The normalized spacial score (nSPS) is 11.5. The lowest BCUT2D eigenvalue weighted by Gasteiger charge is -2.08. The van der Waals surface area contributed by atoms with Crippen LogP contribution in [-0.2, 0) is 5.75 Å². The Balaban J connectivity index is 1.57. The fraction of sp³-hybridized carbons (Fsp3) is 0.0476. The van der Waals surface area contributed by atoms with Crippen LogP contribution in [0.1, 0.15) is 5.69 Å². The van der Waals surface area contributed by atoms with Crippen LogP contribution < -0.4 is 0 Å². The number of benzene rings is 3. The minimum atomic E-state index is 0.783. The zero-order valence-corrected chi connectivity index (χ0v) is 14.3. The lowest BCUT2D eigenvalue weighted by atomic mass is 10.0. The molecule has 0 spiro atoms. The van der Waals surface area contributed by atoms with Gasteiger partial charge in [-0.3, -0.25) is 4.98 Å². The first-order valence-corrected chi connectivity index (χ1v) is 9.21. The molecule has 2 heterocycles.